The van der Waals surface area contributed by atoms with Gasteiger partial charge in [0, 0.05) is 30.7 Å². The van der Waals surface area contributed by atoms with E-state index >= 15 is 0 Å². The monoisotopic (exact) mass is 361 g/mol. The highest BCUT2D eigenvalue weighted by atomic mass is 16.4. The van der Waals surface area contributed by atoms with E-state index in [1.165, 1.54) is 5.56 Å². The summed E-state index contributed by atoms with van der Waals surface area (Å²) in [5.41, 5.74) is 4.07. The van der Waals surface area contributed by atoms with E-state index in [1.54, 1.807) is 0 Å². The number of oxazole rings is 1. The van der Waals surface area contributed by atoms with Gasteiger partial charge in [0.1, 0.15) is 5.52 Å². The summed E-state index contributed by atoms with van der Waals surface area (Å²) in [5.74, 6) is 0.337. The largest absolute Gasteiger partial charge is 0.423 e. The third-order valence-corrected chi connectivity index (χ3v) is 5.84. The number of carbonyl (C=O) groups excluding carboxylic acids is 1. The first-order valence-electron chi connectivity index (χ1n) is 9.72. The lowest BCUT2D eigenvalue weighted by Gasteiger charge is -2.33. The van der Waals surface area contributed by atoms with Crippen molar-refractivity contribution < 1.29 is 9.21 Å². The minimum absolute atomic E-state index is 0.0687. The predicted molar refractivity (Wildman–Crippen MR) is 106 cm³/mol. The van der Waals surface area contributed by atoms with E-state index in [4.69, 9.17) is 4.42 Å². The zero-order chi connectivity index (χ0) is 18.4. The summed E-state index contributed by atoms with van der Waals surface area (Å²) in [6, 6.07) is 17.0. The summed E-state index contributed by atoms with van der Waals surface area (Å²) in [7, 11) is 0. The molecule has 0 aliphatic carbocycles. The van der Waals surface area contributed by atoms with Gasteiger partial charge in [0.15, 0.2) is 5.58 Å². The number of fused-ring (bicyclic) bond motifs is 2. The predicted octanol–water partition coefficient (Wildman–Crippen LogP) is 4.02. The number of carbonyl (C=O) groups is 1. The number of piperidine rings is 1. The van der Waals surface area contributed by atoms with Crippen molar-refractivity contribution in [1.82, 2.24) is 4.98 Å². The third kappa shape index (κ3) is 2.78. The highest BCUT2D eigenvalue weighted by Crippen LogP contribution is 2.35. The molecular weight excluding hydrogens is 338 g/mol. The standard InChI is InChI=1S/C22H23N3O2/c1-15-14-17-6-2-4-8-19(17)25(15)21(26)16-10-12-24(13-11-16)22-23-18-7-3-5-9-20(18)27-22/h2-9,15-16H,10-14H2,1H3. The highest BCUT2D eigenvalue weighted by molar-refractivity contribution is 5.97. The third-order valence-electron chi connectivity index (χ3n) is 5.84. The summed E-state index contributed by atoms with van der Waals surface area (Å²) in [5, 5.41) is 0. The first kappa shape index (κ1) is 16.4. The molecule has 27 heavy (non-hydrogen) atoms. The Morgan fingerprint density at radius 3 is 2.63 bits per heavy atom. The van der Waals surface area contributed by atoms with Crippen LogP contribution in [0.3, 0.4) is 0 Å². The van der Waals surface area contributed by atoms with Crippen molar-refractivity contribution in [2.45, 2.75) is 32.2 Å². The molecule has 2 aromatic carbocycles. The SMILES string of the molecule is CC1Cc2ccccc2N1C(=O)C1CCN(c2nc3ccccc3o2)CC1. The number of hydrogen-bond donors (Lipinski definition) is 0. The van der Waals surface area contributed by atoms with Crippen LogP contribution in [0, 0.1) is 5.92 Å². The van der Waals surface area contributed by atoms with Gasteiger partial charge in [-0.25, -0.2) is 0 Å². The van der Waals surface area contributed by atoms with Crippen LogP contribution in [0.5, 0.6) is 0 Å². The van der Waals surface area contributed by atoms with Crippen LogP contribution in [0.4, 0.5) is 11.7 Å². The number of para-hydroxylation sites is 3. The lowest BCUT2D eigenvalue weighted by Crippen LogP contribution is -2.44. The van der Waals surface area contributed by atoms with E-state index in [1.807, 2.05) is 35.2 Å². The maximum Gasteiger partial charge on any atom is 0.298 e. The Hall–Kier alpha value is -2.82. The van der Waals surface area contributed by atoms with Crippen LogP contribution in [-0.4, -0.2) is 30.0 Å². The average Bonchev–Trinajstić information content (AvgIpc) is 3.27. The van der Waals surface area contributed by atoms with E-state index in [0.717, 1.165) is 49.1 Å². The number of nitrogens with zero attached hydrogens (tertiary/aromatic N) is 3. The van der Waals surface area contributed by atoms with Gasteiger partial charge in [0.25, 0.3) is 6.01 Å². The van der Waals surface area contributed by atoms with Gasteiger partial charge in [-0.2, -0.15) is 4.98 Å². The molecular formula is C22H23N3O2. The Balaban J connectivity index is 1.30. The van der Waals surface area contributed by atoms with E-state index in [-0.39, 0.29) is 17.9 Å². The molecule has 5 rings (SSSR count). The van der Waals surface area contributed by atoms with Crippen LogP contribution in [0.25, 0.3) is 11.1 Å². The second-order valence-corrected chi connectivity index (χ2v) is 7.62. The van der Waals surface area contributed by atoms with Gasteiger partial charge in [-0.1, -0.05) is 30.3 Å². The molecule has 1 aromatic heterocycles. The summed E-state index contributed by atoms with van der Waals surface area (Å²) in [4.78, 5) is 22.0. The Kier molecular flexibility index (Phi) is 3.88. The first-order chi connectivity index (χ1) is 13.2. The number of anilines is 2. The lowest BCUT2D eigenvalue weighted by atomic mass is 9.95. The molecule has 0 bridgehead atoms. The summed E-state index contributed by atoms with van der Waals surface area (Å²) in [6.07, 6.45) is 2.62. The van der Waals surface area contributed by atoms with Crippen molar-refractivity contribution in [1.29, 1.82) is 0 Å². The molecule has 0 N–H and O–H groups in total. The number of amides is 1. The molecule has 1 saturated heterocycles. The average molecular weight is 361 g/mol. The second kappa shape index (κ2) is 6.41. The zero-order valence-corrected chi connectivity index (χ0v) is 15.5. The smallest absolute Gasteiger partial charge is 0.298 e. The van der Waals surface area contributed by atoms with E-state index < -0.39 is 0 Å². The summed E-state index contributed by atoms with van der Waals surface area (Å²) < 4.78 is 5.89. The van der Waals surface area contributed by atoms with E-state index in [0.29, 0.717) is 6.01 Å². The van der Waals surface area contributed by atoms with Gasteiger partial charge < -0.3 is 14.2 Å². The molecule has 5 nitrogen and oxygen atoms in total. The first-order valence-corrected chi connectivity index (χ1v) is 9.72. The van der Waals surface area contributed by atoms with Crippen molar-refractivity contribution in [2.75, 3.05) is 22.9 Å². The van der Waals surface area contributed by atoms with Gasteiger partial charge in [-0.05, 0) is 49.9 Å². The normalized spacial score (nSPS) is 20.3. The van der Waals surface area contributed by atoms with Gasteiger partial charge in [0.2, 0.25) is 5.91 Å². The van der Waals surface area contributed by atoms with Gasteiger partial charge in [0.05, 0.1) is 0 Å². The molecule has 1 unspecified atom stereocenters. The van der Waals surface area contributed by atoms with E-state index in [2.05, 4.69) is 35.0 Å². The second-order valence-electron chi connectivity index (χ2n) is 7.62. The molecule has 1 fully saturated rings. The van der Waals surface area contributed by atoms with E-state index in [9.17, 15) is 4.79 Å². The van der Waals surface area contributed by atoms with Crippen LogP contribution in [-0.2, 0) is 11.2 Å². The summed E-state index contributed by atoms with van der Waals surface area (Å²) >= 11 is 0. The molecule has 1 amide bonds. The van der Waals surface area contributed by atoms with Gasteiger partial charge in [-0.15, -0.1) is 0 Å². The molecule has 2 aliphatic rings. The number of hydrogen-bond acceptors (Lipinski definition) is 4. The summed E-state index contributed by atoms with van der Waals surface area (Å²) in [6.45, 7) is 3.74. The fourth-order valence-corrected chi connectivity index (χ4v) is 4.41. The van der Waals surface area contributed by atoms with Gasteiger partial charge >= 0.3 is 0 Å². The molecule has 0 spiro atoms. The van der Waals surface area contributed by atoms with Crippen molar-refractivity contribution >= 4 is 28.7 Å². The molecule has 0 radical (unpaired) electrons. The molecule has 3 heterocycles. The van der Waals surface area contributed by atoms with Crippen LogP contribution in [0.1, 0.15) is 25.3 Å². The number of aromatic nitrogens is 1. The zero-order valence-electron chi connectivity index (χ0n) is 15.5. The van der Waals surface area contributed by atoms with Crippen LogP contribution in [0.2, 0.25) is 0 Å². The molecule has 138 valence electrons. The molecule has 5 heteroatoms. The number of rotatable bonds is 2. The molecule has 0 saturated carbocycles. The van der Waals surface area contributed by atoms with Crippen molar-refractivity contribution in [2.24, 2.45) is 5.92 Å². The topological polar surface area (TPSA) is 49.6 Å². The fraction of sp³-hybridized carbons (Fsp3) is 0.364. The number of benzene rings is 2. The Labute approximate surface area is 158 Å². The Morgan fingerprint density at radius 2 is 1.81 bits per heavy atom. The van der Waals surface area contributed by atoms with Crippen LogP contribution >= 0.6 is 0 Å². The molecule has 3 aromatic rings. The maximum atomic E-state index is 13.2. The van der Waals surface area contributed by atoms with Crippen molar-refractivity contribution in [3.63, 3.8) is 0 Å². The Bertz CT molecular complexity index is 955. The highest BCUT2D eigenvalue weighted by Gasteiger charge is 2.36. The quantitative estimate of drug-likeness (QED) is 0.692. The van der Waals surface area contributed by atoms with Gasteiger partial charge in [-0.3, -0.25) is 4.79 Å². The van der Waals surface area contributed by atoms with Crippen LogP contribution in [0.15, 0.2) is 52.9 Å². The Morgan fingerprint density at radius 1 is 1.07 bits per heavy atom. The fourth-order valence-electron chi connectivity index (χ4n) is 4.41. The van der Waals surface area contributed by atoms with Crippen molar-refractivity contribution in [3.8, 4) is 0 Å². The minimum Gasteiger partial charge on any atom is -0.423 e. The maximum absolute atomic E-state index is 13.2. The minimum atomic E-state index is 0.0687. The lowest BCUT2D eigenvalue weighted by molar-refractivity contribution is -0.123. The van der Waals surface area contributed by atoms with Crippen molar-refractivity contribution in [3.05, 3.63) is 54.1 Å². The van der Waals surface area contributed by atoms with Crippen LogP contribution < -0.4 is 9.80 Å². The molecule has 2 aliphatic heterocycles. The molecule has 1 atom stereocenters.